The van der Waals surface area contributed by atoms with Gasteiger partial charge in [-0.3, -0.25) is 4.79 Å². The van der Waals surface area contributed by atoms with Gasteiger partial charge in [0.25, 0.3) is 5.91 Å². The van der Waals surface area contributed by atoms with E-state index in [2.05, 4.69) is 10.3 Å². The van der Waals surface area contributed by atoms with Gasteiger partial charge in [-0.1, -0.05) is 11.6 Å². The van der Waals surface area contributed by atoms with Crippen LogP contribution in [-0.2, 0) is 9.84 Å². The molecule has 0 aliphatic heterocycles. The van der Waals surface area contributed by atoms with Gasteiger partial charge in [0.15, 0.2) is 9.84 Å². The van der Waals surface area contributed by atoms with Gasteiger partial charge in [0.05, 0.1) is 10.6 Å². The van der Waals surface area contributed by atoms with Gasteiger partial charge < -0.3 is 10.3 Å². The van der Waals surface area contributed by atoms with Crippen molar-refractivity contribution in [1.82, 2.24) is 10.3 Å². The van der Waals surface area contributed by atoms with Crippen LogP contribution in [0, 0.1) is 0 Å². The van der Waals surface area contributed by atoms with Crippen molar-refractivity contribution >= 4 is 27.3 Å². The molecule has 0 radical (unpaired) electrons. The summed E-state index contributed by atoms with van der Waals surface area (Å²) in [4.78, 5) is 14.6. The van der Waals surface area contributed by atoms with Crippen molar-refractivity contribution in [3.8, 4) is 0 Å². The molecular weight excluding hydrogens is 300 g/mol. The number of benzene rings is 1. The number of aromatic amines is 1. The minimum Gasteiger partial charge on any atom is -0.357 e. The number of sulfone groups is 1. The van der Waals surface area contributed by atoms with Crippen LogP contribution in [0.4, 0.5) is 0 Å². The van der Waals surface area contributed by atoms with Crippen LogP contribution in [0.1, 0.15) is 10.5 Å². The summed E-state index contributed by atoms with van der Waals surface area (Å²) in [6, 6.07) is 9.25. The van der Waals surface area contributed by atoms with Crippen molar-refractivity contribution < 1.29 is 13.2 Å². The number of carbonyl (C=O) groups excluding carboxylic acids is 1. The second kappa shape index (κ2) is 6.11. The monoisotopic (exact) mass is 312 g/mol. The van der Waals surface area contributed by atoms with Crippen LogP contribution in [0.3, 0.4) is 0 Å². The molecule has 106 valence electrons. The first-order chi connectivity index (χ1) is 9.49. The number of rotatable bonds is 5. The van der Waals surface area contributed by atoms with E-state index in [-0.39, 0.29) is 23.1 Å². The maximum Gasteiger partial charge on any atom is 0.267 e. The Bertz CT molecular complexity index is 679. The lowest BCUT2D eigenvalue weighted by atomic mass is 10.4. The Hall–Kier alpha value is -1.79. The molecule has 1 heterocycles. The number of amides is 1. The van der Waals surface area contributed by atoms with Crippen molar-refractivity contribution in [3.05, 3.63) is 53.3 Å². The molecule has 0 aliphatic rings. The molecule has 2 N–H and O–H groups in total. The van der Waals surface area contributed by atoms with E-state index in [4.69, 9.17) is 11.6 Å². The molecule has 2 aromatic rings. The Kier molecular flexibility index (Phi) is 4.46. The van der Waals surface area contributed by atoms with Gasteiger partial charge in [0.2, 0.25) is 0 Å². The highest BCUT2D eigenvalue weighted by molar-refractivity contribution is 7.91. The first-order valence-electron chi connectivity index (χ1n) is 5.89. The van der Waals surface area contributed by atoms with E-state index in [1.54, 1.807) is 18.3 Å². The van der Waals surface area contributed by atoms with Crippen LogP contribution in [-0.4, -0.2) is 31.6 Å². The zero-order valence-corrected chi connectivity index (χ0v) is 12.0. The maximum absolute atomic E-state index is 12.0. The normalized spacial score (nSPS) is 11.2. The molecule has 0 fully saturated rings. The van der Waals surface area contributed by atoms with Crippen LogP contribution >= 0.6 is 11.6 Å². The summed E-state index contributed by atoms with van der Waals surface area (Å²) in [5.41, 5.74) is 0.397. The molecule has 7 heteroatoms. The van der Waals surface area contributed by atoms with Crippen LogP contribution in [0.5, 0.6) is 0 Å². The molecule has 1 aromatic heterocycles. The van der Waals surface area contributed by atoms with Crippen molar-refractivity contribution in [2.45, 2.75) is 4.90 Å². The third-order valence-corrected chi connectivity index (χ3v) is 4.66. The largest absolute Gasteiger partial charge is 0.357 e. The summed E-state index contributed by atoms with van der Waals surface area (Å²) in [5, 5.41) is 3.02. The molecule has 0 bridgehead atoms. The highest BCUT2D eigenvalue weighted by Crippen LogP contribution is 2.15. The number of aromatic nitrogens is 1. The van der Waals surface area contributed by atoms with Crippen LogP contribution in [0.15, 0.2) is 47.5 Å². The standard InChI is InChI=1S/C13H13ClN2O3S/c14-10-3-5-11(6-4-10)20(18,19)9-8-16-13(17)12-2-1-7-15-12/h1-7,15H,8-9H2,(H,16,17). The number of nitrogens with one attached hydrogen (secondary N) is 2. The Morgan fingerprint density at radius 1 is 1.20 bits per heavy atom. The molecule has 0 spiro atoms. The molecule has 20 heavy (non-hydrogen) atoms. The van der Waals surface area contributed by atoms with Gasteiger partial charge >= 0.3 is 0 Å². The molecule has 5 nitrogen and oxygen atoms in total. The first kappa shape index (κ1) is 14.6. The molecule has 0 saturated carbocycles. The SMILES string of the molecule is O=C(NCCS(=O)(=O)c1ccc(Cl)cc1)c1ccc[nH]1. The zero-order chi connectivity index (χ0) is 14.6. The molecule has 0 saturated heterocycles. The Morgan fingerprint density at radius 3 is 2.50 bits per heavy atom. The summed E-state index contributed by atoms with van der Waals surface area (Å²) in [6.45, 7) is 0.0445. The quantitative estimate of drug-likeness (QED) is 0.884. The van der Waals surface area contributed by atoms with E-state index in [1.807, 2.05) is 0 Å². The van der Waals surface area contributed by atoms with E-state index in [0.717, 1.165) is 0 Å². The minimum atomic E-state index is -3.43. The van der Waals surface area contributed by atoms with Crippen LogP contribution < -0.4 is 5.32 Å². The lowest BCUT2D eigenvalue weighted by Crippen LogP contribution is -2.29. The van der Waals surface area contributed by atoms with E-state index in [1.165, 1.54) is 24.3 Å². The zero-order valence-electron chi connectivity index (χ0n) is 10.5. The second-order valence-corrected chi connectivity index (χ2v) is 6.66. The minimum absolute atomic E-state index is 0.0445. The lowest BCUT2D eigenvalue weighted by Gasteiger charge is -2.06. The Morgan fingerprint density at radius 2 is 1.90 bits per heavy atom. The lowest BCUT2D eigenvalue weighted by molar-refractivity contribution is 0.0952. The van der Waals surface area contributed by atoms with Crippen molar-refractivity contribution in [3.63, 3.8) is 0 Å². The number of hydrogen-bond donors (Lipinski definition) is 2. The number of hydrogen-bond acceptors (Lipinski definition) is 3. The van der Waals surface area contributed by atoms with Gasteiger partial charge in [-0.15, -0.1) is 0 Å². The molecule has 0 aliphatic carbocycles. The fourth-order valence-electron chi connectivity index (χ4n) is 1.63. The van der Waals surface area contributed by atoms with Gasteiger partial charge in [-0.05, 0) is 36.4 Å². The van der Waals surface area contributed by atoms with Crippen molar-refractivity contribution in [2.75, 3.05) is 12.3 Å². The average Bonchev–Trinajstić information content (AvgIpc) is 2.93. The second-order valence-electron chi connectivity index (χ2n) is 4.11. The van der Waals surface area contributed by atoms with Gasteiger partial charge in [-0.25, -0.2) is 8.42 Å². The van der Waals surface area contributed by atoms with E-state index >= 15 is 0 Å². The van der Waals surface area contributed by atoms with E-state index < -0.39 is 9.84 Å². The molecule has 1 aromatic carbocycles. The fourth-order valence-corrected chi connectivity index (χ4v) is 2.91. The van der Waals surface area contributed by atoms with Crippen molar-refractivity contribution in [2.24, 2.45) is 0 Å². The molecule has 2 rings (SSSR count). The molecular formula is C13H13ClN2O3S. The third kappa shape index (κ3) is 3.61. The molecule has 0 atom stereocenters. The van der Waals surface area contributed by atoms with E-state index in [0.29, 0.717) is 10.7 Å². The topological polar surface area (TPSA) is 79.0 Å². The summed E-state index contributed by atoms with van der Waals surface area (Å²) >= 11 is 5.71. The smallest absolute Gasteiger partial charge is 0.267 e. The van der Waals surface area contributed by atoms with Crippen molar-refractivity contribution in [1.29, 1.82) is 0 Å². The van der Waals surface area contributed by atoms with Crippen LogP contribution in [0.25, 0.3) is 0 Å². The predicted octanol–water partition coefficient (Wildman–Crippen LogP) is 1.87. The van der Waals surface area contributed by atoms with Crippen LogP contribution in [0.2, 0.25) is 5.02 Å². The highest BCUT2D eigenvalue weighted by Gasteiger charge is 2.15. The third-order valence-electron chi connectivity index (χ3n) is 2.67. The van der Waals surface area contributed by atoms with E-state index in [9.17, 15) is 13.2 Å². The number of H-pyrrole nitrogens is 1. The van der Waals surface area contributed by atoms with Gasteiger partial charge in [-0.2, -0.15) is 0 Å². The predicted molar refractivity (Wildman–Crippen MR) is 76.6 cm³/mol. The van der Waals surface area contributed by atoms with Gasteiger partial charge in [0, 0.05) is 17.8 Å². The molecule has 1 amide bonds. The van der Waals surface area contributed by atoms with Gasteiger partial charge in [0.1, 0.15) is 5.69 Å². The first-order valence-corrected chi connectivity index (χ1v) is 7.92. The molecule has 0 unspecified atom stereocenters. The average molecular weight is 313 g/mol. The summed E-state index contributed by atoms with van der Waals surface area (Å²) in [6.07, 6.45) is 1.62. The maximum atomic E-state index is 12.0. The fraction of sp³-hybridized carbons (Fsp3) is 0.154. The number of carbonyl (C=O) groups is 1. The highest BCUT2D eigenvalue weighted by atomic mass is 35.5. The Labute approximate surface area is 121 Å². The summed E-state index contributed by atoms with van der Waals surface area (Å²) in [5.74, 6) is -0.498. The Balaban J connectivity index is 1.93. The number of halogens is 1. The summed E-state index contributed by atoms with van der Waals surface area (Å²) in [7, 11) is -3.43. The summed E-state index contributed by atoms with van der Waals surface area (Å²) < 4.78 is 24.0.